The largest absolute Gasteiger partial charge is 0.487 e. The molecule has 3 rings (SSSR count). The zero-order chi connectivity index (χ0) is 18.5. The number of halogens is 2. The third kappa shape index (κ3) is 4.26. The third-order valence-corrected chi connectivity index (χ3v) is 4.25. The first-order chi connectivity index (χ1) is 12.6. The quantitative estimate of drug-likeness (QED) is 0.621. The van der Waals surface area contributed by atoms with Crippen molar-refractivity contribution in [3.05, 3.63) is 80.9 Å². The number of amides is 1. The van der Waals surface area contributed by atoms with Crippen molar-refractivity contribution >= 4 is 35.2 Å². The van der Waals surface area contributed by atoms with Gasteiger partial charge in [0.2, 0.25) is 0 Å². The van der Waals surface area contributed by atoms with E-state index in [4.69, 9.17) is 27.9 Å². The number of nitrogens with one attached hydrogen (secondary N) is 1. The summed E-state index contributed by atoms with van der Waals surface area (Å²) in [6.45, 7) is 0.563. The summed E-state index contributed by atoms with van der Waals surface area (Å²) >= 11 is 12.1. The van der Waals surface area contributed by atoms with Crippen LogP contribution in [0, 0.1) is 11.3 Å². The summed E-state index contributed by atoms with van der Waals surface area (Å²) in [5.74, 6) is 0.104. The summed E-state index contributed by atoms with van der Waals surface area (Å²) in [4.78, 5) is 12.3. The number of hydrogen-bond donors (Lipinski definition) is 1. The fourth-order valence-corrected chi connectivity index (χ4v) is 3.09. The first-order valence-corrected chi connectivity index (χ1v) is 8.59. The third-order valence-electron chi connectivity index (χ3n) is 3.75. The molecule has 1 N–H and O–H groups in total. The molecule has 0 bridgehead atoms. The molecule has 0 aromatic heterocycles. The topological polar surface area (TPSA) is 62.1 Å². The van der Waals surface area contributed by atoms with E-state index in [-0.39, 0.29) is 12.2 Å². The summed E-state index contributed by atoms with van der Waals surface area (Å²) in [7, 11) is 0. The van der Waals surface area contributed by atoms with Gasteiger partial charge in [-0.3, -0.25) is 4.79 Å². The van der Waals surface area contributed by atoms with Crippen LogP contribution < -0.4 is 10.1 Å². The number of ether oxygens (including phenoxy) is 1. The van der Waals surface area contributed by atoms with Crippen molar-refractivity contribution in [2.24, 2.45) is 0 Å². The standard InChI is InChI=1S/C20H14Cl2N2O2/c21-17-8-15-6-14(12-26-19(15)18(22)9-17)7-16(10-23)20(25)24-11-13-4-2-1-3-5-13/h1-9H,11-12H2,(H,24,25). The van der Waals surface area contributed by atoms with E-state index in [9.17, 15) is 10.1 Å². The molecule has 0 fully saturated rings. The fourth-order valence-electron chi connectivity index (χ4n) is 2.53. The van der Waals surface area contributed by atoms with Gasteiger partial charge in [-0.1, -0.05) is 53.5 Å². The normalized spacial score (nSPS) is 13.1. The molecule has 26 heavy (non-hydrogen) atoms. The Morgan fingerprint density at radius 1 is 1.27 bits per heavy atom. The maximum Gasteiger partial charge on any atom is 0.262 e. The number of fused-ring (bicyclic) bond motifs is 1. The van der Waals surface area contributed by atoms with Crippen LogP contribution >= 0.6 is 23.2 Å². The summed E-state index contributed by atoms with van der Waals surface area (Å²) in [5, 5.41) is 13.0. The number of carbonyl (C=O) groups is 1. The van der Waals surface area contributed by atoms with Crippen LogP contribution in [0.4, 0.5) is 0 Å². The van der Waals surface area contributed by atoms with Gasteiger partial charge < -0.3 is 10.1 Å². The van der Waals surface area contributed by atoms with Gasteiger partial charge in [0.05, 0.1) is 5.02 Å². The second-order valence-electron chi connectivity index (χ2n) is 5.65. The van der Waals surface area contributed by atoms with Crippen LogP contribution in [0.3, 0.4) is 0 Å². The van der Waals surface area contributed by atoms with Crippen LogP contribution in [0.5, 0.6) is 5.75 Å². The summed E-state index contributed by atoms with van der Waals surface area (Å²) in [6.07, 6.45) is 3.32. The van der Waals surface area contributed by atoms with Gasteiger partial charge in [0.15, 0.2) is 0 Å². The molecule has 0 unspecified atom stereocenters. The SMILES string of the molecule is N#CC(=CC1=Cc2cc(Cl)cc(Cl)c2OC1)C(=O)NCc1ccccc1. The molecule has 0 atom stereocenters. The minimum absolute atomic E-state index is 0.00681. The Bertz CT molecular complexity index is 944. The lowest BCUT2D eigenvalue weighted by Gasteiger charge is -2.18. The molecule has 1 aliphatic rings. The molecule has 0 radical (unpaired) electrons. The van der Waals surface area contributed by atoms with E-state index < -0.39 is 5.91 Å². The second kappa shape index (κ2) is 8.09. The Labute approximate surface area is 161 Å². The van der Waals surface area contributed by atoms with E-state index in [1.54, 1.807) is 18.2 Å². The molecule has 0 saturated carbocycles. The van der Waals surface area contributed by atoms with Crippen molar-refractivity contribution in [3.63, 3.8) is 0 Å². The molecule has 6 heteroatoms. The Morgan fingerprint density at radius 2 is 2.04 bits per heavy atom. The van der Waals surface area contributed by atoms with E-state index in [1.165, 1.54) is 6.08 Å². The van der Waals surface area contributed by atoms with Crippen molar-refractivity contribution in [1.82, 2.24) is 5.32 Å². The summed E-state index contributed by atoms with van der Waals surface area (Å²) < 4.78 is 5.63. The Kier molecular flexibility index (Phi) is 5.62. The number of carbonyl (C=O) groups excluding carboxylic acids is 1. The lowest BCUT2D eigenvalue weighted by molar-refractivity contribution is -0.117. The van der Waals surface area contributed by atoms with E-state index in [1.807, 2.05) is 36.4 Å². The average molecular weight is 385 g/mol. The van der Waals surface area contributed by atoms with Crippen LogP contribution in [0.2, 0.25) is 10.0 Å². The highest BCUT2D eigenvalue weighted by Gasteiger charge is 2.17. The maximum atomic E-state index is 12.3. The molecule has 0 saturated heterocycles. The van der Waals surface area contributed by atoms with Crippen LogP contribution in [0.25, 0.3) is 6.08 Å². The Hall–Kier alpha value is -2.74. The highest BCUT2D eigenvalue weighted by molar-refractivity contribution is 6.36. The second-order valence-corrected chi connectivity index (χ2v) is 6.50. The van der Waals surface area contributed by atoms with Gasteiger partial charge in [-0.2, -0.15) is 5.26 Å². The van der Waals surface area contributed by atoms with Crippen LogP contribution in [-0.2, 0) is 11.3 Å². The van der Waals surface area contributed by atoms with E-state index >= 15 is 0 Å². The van der Waals surface area contributed by atoms with Gasteiger partial charge in [-0.05, 0) is 35.4 Å². The molecule has 1 heterocycles. The molecular formula is C20H14Cl2N2O2. The molecule has 130 valence electrons. The fraction of sp³-hybridized carbons (Fsp3) is 0.100. The van der Waals surface area contributed by atoms with Crippen molar-refractivity contribution in [3.8, 4) is 11.8 Å². The van der Waals surface area contributed by atoms with E-state index in [0.717, 1.165) is 5.56 Å². The van der Waals surface area contributed by atoms with Gasteiger partial charge in [0, 0.05) is 17.1 Å². The Balaban J connectivity index is 1.77. The number of nitrogens with zero attached hydrogens (tertiary/aromatic N) is 1. The number of benzene rings is 2. The van der Waals surface area contributed by atoms with Crippen LogP contribution in [0.1, 0.15) is 11.1 Å². The number of nitriles is 1. The van der Waals surface area contributed by atoms with Crippen molar-refractivity contribution < 1.29 is 9.53 Å². The van der Waals surface area contributed by atoms with Gasteiger partial charge in [0.25, 0.3) is 5.91 Å². The maximum absolute atomic E-state index is 12.3. The van der Waals surface area contributed by atoms with Crippen LogP contribution in [-0.4, -0.2) is 12.5 Å². The predicted octanol–water partition coefficient (Wildman–Crippen LogP) is 4.54. The molecule has 1 amide bonds. The highest BCUT2D eigenvalue weighted by Crippen LogP contribution is 2.36. The minimum Gasteiger partial charge on any atom is -0.487 e. The first kappa shape index (κ1) is 18.1. The van der Waals surface area contributed by atoms with Crippen molar-refractivity contribution in [1.29, 1.82) is 5.26 Å². The van der Waals surface area contributed by atoms with Crippen molar-refractivity contribution in [2.75, 3.05) is 6.61 Å². The van der Waals surface area contributed by atoms with Crippen molar-refractivity contribution in [2.45, 2.75) is 6.54 Å². The van der Waals surface area contributed by atoms with Gasteiger partial charge in [0.1, 0.15) is 24.0 Å². The van der Waals surface area contributed by atoms with E-state index in [0.29, 0.717) is 33.5 Å². The lowest BCUT2D eigenvalue weighted by atomic mass is 10.0. The van der Waals surface area contributed by atoms with Crippen LogP contribution in [0.15, 0.2) is 59.7 Å². The number of hydrogen-bond acceptors (Lipinski definition) is 3. The number of rotatable bonds is 4. The van der Waals surface area contributed by atoms with Gasteiger partial charge >= 0.3 is 0 Å². The smallest absolute Gasteiger partial charge is 0.262 e. The highest BCUT2D eigenvalue weighted by atomic mass is 35.5. The zero-order valence-electron chi connectivity index (χ0n) is 13.6. The molecule has 0 aliphatic carbocycles. The van der Waals surface area contributed by atoms with E-state index in [2.05, 4.69) is 5.32 Å². The van der Waals surface area contributed by atoms with Gasteiger partial charge in [-0.15, -0.1) is 0 Å². The summed E-state index contributed by atoms with van der Waals surface area (Å²) in [6, 6.07) is 14.7. The Morgan fingerprint density at radius 3 is 2.77 bits per heavy atom. The lowest BCUT2D eigenvalue weighted by Crippen LogP contribution is -2.24. The zero-order valence-corrected chi connectivity index (χ0v) is 15.1. The molecule has 4 nitrogen and oxygen atoms in total. The monoisotopic (exact) mass is 384 g/mol. The average Bonchev–Trinajstić information content (AvgIpc) is 2.64. The van der Waals surface area contributed by atoms with Gasteiger partial charge in [-0.25, -0.2) is 0 Å². The molecule has 0 spiro atoms. The molecule has 2 aromatic rings. The molecule has 1 aliphatic heterocycles. The predicted molar refractivity (Wildman–Crippen MR) is 102 cm³/mol. The molecule has 2 aromatic carbocycles. The first-order valence-electron chi connectivity index (χ1n) is 7.83. The minimum atomic E-state index is -0.438. The summed E-state index contributed by atoms with van der Waals surface area (Å²) in [5.41, 5.74) is 2.35. The molecular weight excluding hydrogens is 371 g/mol.